The number of ether oxygens (including phenoxy) is 4. The van der Waals surface area contributed by atoms with E-state index in [-0.39, 0.29) is 12.2 Å². The number of para-hydroxylation sites is 1. The van der Waals surface area contributed by atoms with Gasteiger partial charge in [0.15, 0.2) is 11.5 Å². The molecule has 7 heteroatoms. The maximum absolute atomic E-state index is 12.2. The van der Waals surface area contributed by atoms with E-state index in [4.69, 9.17) is 18.9 Å². The van der Waals surface area contributed by atoms with E-state index < -0.39 is 17.7 Å². The van der Waals surface area contributed by atoms with Crippen molar-refractivity contribution in [3.8, 4) is 11.5 Å². The molecular weight excluding hydrogens is 428 g/mol. The lowest BCUT2D eigenvalue weighted by Crippen LogP contribution is -2.41. The Hall–Kier alpha value is -2.80. The van der Waals surface area contributed by atoms with Crippen molar-refractivity contribution in [2.75, 3.05) is 7.11 Å². The van der Waals surface area contributed by atoms with Crippen molar-refractivity contribution in [2.45, 2.75) is 26.2 Å². The fourth-order valence-electron chi connectivity index (χ4n) is 2.68. The van der Waals surface area contributed by atoms with Crippen LogP contribution in [0.5, 0.6) is 11.5 Å². The number of methoxy groups -OCH3 is 1. The lowest BCUT2D eigenvalue weighted by atomic mass is 10.1. The Morgan fingerprint density at radius 1 is 1.07 bits per heavy atom. The third-order valence-corrected chi connectivity index (χ3v) is 4.41. The molecular formula is C21H19BrO6. The van der Waals surface area contributed by atoms with Gasteiger partial charge >= 0.3 is 11.9 Å². The van der Waals surface area contributed by atoms with E-state index in [1.165, 1.54) is 27.0 Å². The summed E-state index contributed by atoms with van der Waals surface area (Å²) in [6.45, 7) is 3.27. The lowest BCUT2D eigenvalue weighted by molar-refractivity contribution is -0.222. The molecule has 3 rings (SSSR count). The normalized spacial score (nSPS) is 15.5. The highest BCUT2D eigenvalue weighted by Crippen LogP contribution is 2.34. The third-order valence-electron chi connectivity index (χ3n) is 3.92. The first-order valence-corrected chi connectivity index (χ1v) is 9.31. The summed E-state index contributed by atoms with van der Waals surface area (Å²) >= 11 is 3.43. The van der Waals surface area contributed by atoms with Gasteiger partial charge in [0, 0.05) is 23.9 Å². The van der Waals surface area contributed by atoms with Gasteiger partial charge in [-0.1, -0.05) is 40.2 Å². The van der Waals surface area contributed by atoms with Crippen molar-refractivity contribution in [3.05, 3.63) is 63.6 Å². The minimum absolute atomic E-state index is 0.208. The van der Waals surface area contributed by atoms with Gasteiger partial charge in [-0.3, -0.25) is 0 Å². The minimum Gasteiger partial charge on any atom is -0.493 e. The largest absolute Gasteiger partial charge is 0.493 e. The molecule has 0 radical (unpaired) electrons. The average Bonchev–Trinajstić information content (AvgIpc) is 2.62. The van der Waals surface area contributed by atoms with Gasteiger partial charge in [0.1, 0.15) is 12.2 Å². The summed E-state index contributed by atoms with van der Waals surface area (Å²) in [5.41, 5.74) is 1.23. The van der Waals surface area contributed by atoms with Crippen molar-refractivity contribution in [2.24, 2.45) is 0 Å². The number of esters is 2. The van der Waals surface area contributed by atoms with Crippen LogP contribution in [0.4, 0.5) is 0 Å². The second-order valence-electron chi connectivity index (χ2n) is 6.53. The zero-order valence-corrected chi connectivity index (χ0v) is 17.2. The smallest absolute Gasteiger partial charge is 0.348 e. The lowest BCUT2D eigenvalue weighted by Gasteiger charge is -2.29. The second-order valence-corrected chi connectivity index (χ2v) is 7.45. The van der Waals surface area contributed by atoms with Gasteiger partial charge in [-0.25, -0.2) is 9.59 Å². The summed E-state index contributed by atoms with van der Waals surface area (Å²) in [6.07, 6.45) is 1.39. The summed E-state index contributed by atoms with van der Waals surface area (Å²) in [5.74, 6) is -1.91. The highest BCUT2D eigenvalue weighted by Gasteiger charge is 2.39. The van der Waals surface area contributed by atoms with Crippen LogP contribution in [0.15, 0.2) is 52.5 Å². The maximum Gasteiger partial charge on any atom is 0.348 e. The number of rotatable bonds is 5. The first-order valence-electron chi connectivity index (χ1n) is 8.52. The number of hydrogen-bond acceptors (Lipinski definition) is 6. The summed E-state index contributed by atoms with van der Waals surface area (Å²) in [5, 5.41) is 0. The molecule has 6 nitrogen and oxygen atoms in total. The molecule has 0 spiro atoms. The third kappa shape index (κ3) is 4.54. The van der Waals surface area contributed by atoms with Crippen LogP contribution < -0.4 is 9.47 Å². The van der Waals surface area contributed by atoms with Crippen molar-refractivity contribution in [3.63, 3.8) is 0 Å². The monoisotopic (exact) mass is 446 g/mol. The molecule has 0 atom stereocenters. The minimum atomic E-state index is -1.29. The molecule has 0 aromatic heterocycles. The molecule has 1 saturated heterocycles. The van der Waals surface area contributed by atoms with Crippen LogP contribution >= 0.6 is 15.9 Å². The summed E-state index contributed by atoms with van der Waals surface area (Å²) in [7, 11) is 1.52. The zero-order valence-electron chi connectivity index (χ0n) is 15.7. The zero-order chi connectivity index (χ0) is 20.3. The van der Waals surface area contributed by atoms with Crippen molar-refractivity contribution in [1.82, 2.24) is 0 Å². The van der Waals surface area contributed by atoms with Gasteiger partial charge in [0.25, 0.3) is 5.79 Å². The summed E-state index contributed by atoms with van der Waals surface area (Å²) in [4.78, 5) is 24.5. The van der Waals surface area contributed by atoms with Gasteiger partial charge in [0.05, 0.1) is 7.11 Å². The SMILES string of the molecule is COc1cccc(C=C2C(=O)OC(C)(C)OC2=O)c1OCc1cccc(Br)c1. The van der Waals surface area contributed by atoms with Crippen LogP contribution in [0, 0.1) is 0 Å². The number of carbonyl (C=O) groups is 2. The number of benzene rings is 2. The number of cyclic esters (lactones) is 2. The Balaban J connectivity index is 1.93. The van der Waals surface area contributed by atoms with Crippen LogP contribution in [-0.4, -0.2) is 24.8 Å². The molecule has 0 N–H and O–H groups in total. The van der Waals surface area contributed by atoms with E-state index >= 15 is 0 Å². The van der Waals surface area contributed by atoms with Gasteiger partial charge in [-0.05, 0) is 29.8 Å². The molecule has 146 valence electrons. The summed E-state index contributed by atoms with van der Waals surface area (Å²) in [6, 6.07) is 12.9. The van der Waals surface area contributed by atoms with Crippen LogP contribution in [-0.2, 0) is 25.7 Å². The molecule has 1 fully saturated rings. The van der Waals surface area contributed by atoms with Crippen LogP contribution in [0.1, 0.15) is 25.0 Å². The fourth-order valence-corrected chi connectivity index (χ4v) is 3.12. The Morgan fingerprint density at radius 2 is 1.75 bits per heavy atom. The van der Waals surface area contributed by atoms with E-state index in [9.17, 15) is 9.59 Å². The Bertz CT molecular complexity index is 926. The van der Waals surface area contributed by atoms with Crippen LogP contribution in [0.25, 0.3) is 6.08 Å². The number of hydrogen-bond donors (Lipinski definition) is 0. The molecule has 0 amide bonds. The molecule has 1 heterocycles. The number of carbonyl (C=O) groups excluding carboxylic acids is 2. The second kappa shape index (κ2) is 8.06. The van der Waals surface area contributed by atoms with E-state index in [2.05, 4.69) is 15.9 Å². The first kappa shape index (κ1) is 19.9. The van der Waals surface area contributed by atoms with Crippen molar-refractivity contribution in [1.29, 1.82) is 0 Å². The Labute approximate surface area is 171 Å². The topological polar surface area (TPSA) is 71.1 Å². The quantitative estimate of drug-likeness (QED) is 0.388. The Kier molecular flexibility index (Phi) is 5.74. The highest BCUT2D eigenvalue weighted by atomic mass is 79.9. The van der Waals surface area contributed by atoms with Gasteiger partial charge in [-0.15, -0.1) is 0 Å². The van der Waals surface area contributed by atoms with E-state index in [1.54, 1.807) is 18.2 Å². The molecule has 1 aliphatic rings. The molecule has 2 aromatic carbocycles. The van der Waals surface area contributed by atoms with E-state index in [0.717, 1.165) is 10.0 Å². The molecule has 1 aliphatic heterocycles. The molecule has 0 aliphatic carbocycles. The van der Waals surface area contributed by atoms with Crippen LogP contribution in [0.3, 0.4) is 0 Å². The molecule has 2 aromatic rings. The molecule has 0 bridgehead atoms. The average molecular weight is 447 g/mol. The summed E-state index contributed by atoms with van der Waals surface area (Å²) < 4.78 is 22.6. The van der Waals surface area contributed by atoms with Gasteiger partial charge in [-0.2, -0.15) is 0 Å². The number of halogens is 1. The highest BCUT2D eigenvalue weighted by molar-refractivity contribution is 9.10. The maximum atomic E-state index is 12.2. The van der Waals surface area contributed by atoms with Crippen LogP contribution in [0.2, 0.25) is 0 Å². The molecule has 0 saturated carbocycles. The predicted octanol–water partition coefficient (Wildman–Crippen LogP) is 4.26. The predicted molar refractivity (Wildman–Crippen MR) is 106 cm³/mol. The Morgan fingerprint density at radius 3 is 2.39 bits per heavy atom. The molecule has 28 heavy (non-hydrogen) atoms. The van der Waals surface area contributed by atoms with Crippen molar-refractivity contribution < 1.29 is 28.5 Å². The van der Waals surface area contributed by atoms with Crippen molar-refractivity contribution >= 4 is 33.9 Å². The molecule has 0 unspecified atom stereocenters. The van der Waals surface area contributed by atoms with Gasteiger partial charge in [0.2, 0.25) is 0 Å². The van der Waals surface area contributed by atoms with E-state index in [1.807, 2.05) is 24.3 Å². The standard InChI is InChI=1S/C21H19BrO6/c1-21(2)27-19(23)16(20(24)28-21)11-14-7-5-9-17(25-3)18(14)26-12-13-6-4-8-15(22)10-13/h4-11H,12H2,1-3H3. The van der Waals surface area contributed by atoms with Gasteiger partial charge < -0.3 is 18.9 Å². The first-order chi connectivity index (χ1) is 13.3. The fraction of sp³-hybridized carbons (Fsp3) is 0.238. The van der Waals surface area contributed by atoms with E-state index in [0.29, 0.717) is 17.1 Å².